The Kier molecular flexibility index (Phi) is 5.33. The van der Waals surface area contributed by atoms with Crippen molar-refractivity contribution in [2.45, 2.75) is 37.1 Å². The van der Waals surface area contributed by atoms with Crippen LogP contribution in [0.1, 0.15) is 37.8 Å². The van der Waals surface area contributed by atoms with E-state index in [0.29, 0.717) is 5.75 Å². The highest BCUT2D eigenvalue weighted by atomic mass is 32.2. The second kappa shape index (κ2) is 7.91. The van der Waals surface area contributed by atoms with Gasteiger partial charge in [0.1, 0.15) is 5.75 Å². The second-order valence-corrected chi connectivity index (χ2v) is 9.05. The maximum absolute atomic E-state index is 13.8. The lowest BCUT2D eigenvalue weighted by Crippen LogP contribution is -2.37. The molecule has 0 aromatic heterocycles. The van der Waals surface area contributed by atoms with E-state index in [9.17, 15) is 8.42 Å². The molecule has 3 aromatic rings. The van der Waals surface area contributed by atoms with Gasteiger partial charge in [-0.25, -0.2) is 8.42 Å². The van der Waals surface area contributed by atoms with E-state index >= 15 is 0 Å². The van der Waals surface area contributed by atoms with Crippen molar-refractivity contribution < 1.29 is 13.2 Å². The molecule has 0 aliphatic carbocycles. The first-order chi connectivity index (χ1) is 14.1. The van der Waals surface area contributed by atoms with Crippen molar-refractivity contribution in [3.63, 3.8) is 0 Å². The molecule has 0 radical (unpaired) electrons. The largest absolute Gasteiger partial charge is 0.497 e. The van der Waals surface area contributed by atoms with Crippen molar-refractivity contribution in [3.05, 3.63) is 78.4 Å². The molecular weight excluding hydrogens is 382 g/mol. The summed E-state index contributed by atoms with van der Waals surface area (Å²) in [6, 6.07) is 22.3. The minimum atomic E-state index is -3.74. The Morgan fingerprint density at radius 3 is 2.24 bits per heavy atom. The average Bonchev–Trinajstić information content (AvgIpc) is 2.77. The van der Waals surface area contributed by atoms with Crippen LogP contribution in [0.2, 0.25) is 0 Å². The van der Waals surface area contributed by atoms with E-state index in [1.807, 2.05) is 36.4 Å². The lowest BCUT2D eigenvalue weighted by Gasteiger charge is -2.39. The number of hydrogen-bond donors (Lipinski definition) is 0. The van der Waals surface area contributed by atoms with Gasteiger partial charge in [-0.2, -0.15) is 0 Å². The van der Waals surface area contributed by atoms with Crippen LogP contribution >= 0.6 is 0 Å². The van der Waals surface area contributed by atoms with Gasteiger partial charge in [0.25, 0.3) is 10.0 Å². The van der Waals surface area contributed by atoms with Crippen LogP contribution in [-0.4, -0.2) is 15.5 Å². The van der Waals surface area contributed by atoms with E-state index in [4.69, 9.17) is 4.74 Å². The summed E-state index contributed by atoms with van der Waals surface area (Å²) < 4.78 is 34.5. The van der Waals surface area contributed by atoms with E-state index in [-0.39, 0.29) is 10.9 Å². The molecule has 0 spiro atoms. The summed E-state index contributed by atoms with van der Waals surface area (Å²) in [7, 11) is -2.17. The number of benzene rings is 3. The van der Waals surface area contributed by atoms with E-state index in [1.165, 1.54) is 0 Å². The SMILES string of the molecule is CCCCC1c2ccccc2-c2ccccc2N1S(=O)(=O)c1ccc(OC)cc1. The van der Waals surface area contributed by atoms with E-state index in [2.05, 4.69) is 19.1 Å². The molecule has 0 N–H and O–H groups in total. The molecule has 0 saturated heterocycles. The maximum atomic E-state index is 13.8. The van der Waals surface area contributed by atoms with Gasteiger partial charge >= 0.3 is 0 Å². The maximum Gasteiger partial charge on any atom is 0.264 e. The van der Waals surface area contributed by atoms with Crippen LogP contribution in [0, 0.1) is 0 Å². The normalized spacial score (nSPS) is 15.5. The number of methoxy groups -OCH3 is 1. The van der Waals surface area contributed by atoms with Crippen molar-refractivity contribution in [2.24, 2.45) is 0 Å². The molecular formula is C24H25NO3S. The minimum Gasteiger partial charge on any atom is -0.497 e. The molecule has 4 rings (SSSR count). The summed E-state index contributed by atoms with van der Waals surface area (Å²) in [6.07, 6.45) is 2.74. The van der Waals surface area contributed by atoms with E-state index in [0.717, 1.165) is 41.6 Å². The Balaban J connectivity index is 1.91. The number of fused-ring (bicyclic) bond motifs is 3. The zero-order valence-corrected chi connectivity index (χ0v) is 17.5. The van der Waals surface area contributed by atoms with Gasteiger partial charge in [0.15, 0.2) is 0 Å². The van der Waals surface area contributed by atoms with Gasteiger partial charge in [0, 0.05) is 5.56 Å². The zero-order chi connectivity index (χ0) is 20.4. The van der Waals surface area contributed by atoms with Crippen LogP contribution < -0.4 is 9.04 Å². The molecule has 1 heterocycles. The van der Waals surface area contributed by atoms with Crippen LogP contribution in [0.15, 0.2) is 77.7 Å². The molecule has 1 aliphatic heterocycles. The van der Waals surface area contributed by atoms with Crippen LogP contribution in [0.4, 0.5) is 5.69 Å². The van der Waals surface area contributed by atoms with Crippen molar-refractivity contribution in [3.8, 4) is 16.9 Å². The Morgan fingerprint density at radius 1 is 0.897 bits per heavy atom. The number of hydrogen-bond acceptors (Lipinski definition) is 3. The highest BCUT2D eigenvalue weighted by Crippen LogP contribution is 2.48. The third-order valence-corrected chi connectivity index (χ3v) is 7.32. The summed E-state index contributed by atoms with van der Waals surface area (Å²) >= 11 is 0. The standard InChI is InChI=1S/C24H25NO3S/c1-3-4-12-23-21-10-6-5-9-20(21)22-11-7-8-13-24(22)25(23)29(26,27)19-16-14-18(28-2)15-17-19/h5-11,13-17,23H,3-4,12H2,1-2H3. The first kappa shape index (κ1) is 19.5. The van der Waals surface area contributed by atoms with Crippen molar-refractivity contribution in [2.75, 3.05) is 11.4 Å². The predicted molar refractivity (Wildman–Crippen MR) is 117 cm³/mol. The number of nitrogens with zero attached hydrogens (tertiary/aromatic N) is 1. The molecule has 1 unspecified atom stereocenters. The van der Waals surface area contributed by atoms with Gasteiger partial charge in [-0.15, -0.1) is 0 Å². The monoisotopic (exact) mass is 407 g/mol. The number of sulfonamides is 1. The van der Waals surface area contributed by atoms with Crippen LogP contribution in [0.3, 0.4) is 0 Å². The van der Waals surface area contributed by atoms with E-state index < -0.39 is 10.0 Å². The fourth-order valence-electron chi connectivity index (χ4n) is 4.05. The molecule has 3 aromatic carbocycles. The first-order valence-corrected chi connectivity index (χ1v) is 11.4. The number of ether oxygens (including phenoxy) is 1. The van der Waals surface area contributed by atoms with Gasteiger partial charge < -0.3 is 4.74 Å². The predicted octanol–water partition coefficient (Wildman–Crippen LogP) is 5.80. The van der Waals surface area contributed by atoms with Crippen molar-refractivity contribution >= 4 is 15.7 Å². The third-order valence-electron chi connectivity index (χ3n) is 5.48. The summed E-state index contributed by atoms with van der Waals surface area (Å²) in [5, 5.41) is 0. The van der Waals surface area contributed by atoms with Gasteiger partial charge in [-0.1, -0.05) is 62.2 Å². The summed E-state index contributed by atoms with van der Waals surface area (Å²) in [6.45, 7) is 2.13. The Morgan fingerprint density at radius 2 is 1.55 bits per heavy atom. The molecule has 29 heavy (non-hydrogen) atoms. The second-order valence-electron chi connectivity index (χ2n) is 7.24. The third kappa shape index (κ3) is 3.40. The molecule has 4 nitrogen and oxygen atoms in total. The van der Waals surface area contributed by atoms with Gasteiger partial charge in [-0.3, -0.25) is 4.31 Å². The highest BCUT2D eigenvalue weighted by molar-refractivity contribution is 7.92. The summed E-state index contributed by atoms with van der Waals surface area (Å²) in [5.41, 5.74) is 3.87. The smallest absolute Gasteiger partial charge is 0.264 e. The molecule has 1 aliphatic rings. The number of unbranched alkanes of at least 4 members (excludes halogenated alkanes) is 1. The molecule has 5 heteroatoms. The molecule has 0 amide bonds. The van der Waals surface area contributed by atoms with Gasteiger partial charge in [0.2, 0.25) is 0 Å². The topological polar surface area (TPSA) is 46.6 Å². The van der Waals surface area contributed by atoms with Crippen LogP contribution in [0.25, 0.3) is 11.1 Å². The van der Waals surface area contributed by atoms with E-state index in [1.54, 1.807) is 35.7 Å². The number of para-hydroxylation sites is 1. The Hall–Kier alpha value is -2.79. The average molecular weight is 408 g/mol. The Bertz CT molecular complexity index is 1110. The molecule has 150 valence electrons. The highest BCUT2D eigenvalue weighted by Gasteiger charge is 2.38. The molecule has 0 bridgehead atoms. The first-order valence-electron chi connectivity index (χ1n) is 9.94. The van der Waals surface area contributed by atoms with Crippen molar-refractivity contribution in [1.29, 1.82) is 0 Å². The van der Waals surface area contributed by atoms with Crippen molar-refractivity contribution in [1.82, 2.24) is 0 Å². The zero-order valence-electron chi connectivity index (χ0n) is 16.7. The number of rotatable bonds is 6. The fraction of sp³-hybridized carbons (Fsp3) is 0.250. The number of anilines is 1. The molecule has 1 atom stereocenters. The summed E-state index contributed by atoms with van der Waals surface area (Å²) in [4.78, 5) is 0.272. The van der Waals surface area contributed by atoms with Gasteiger partial charge in [0.05, 0.1) is 23.7 Å². The molecule has 0 fully saturated rings. The van der Waals surface area contributed by atoms with Crippen LogP contribution in [0.5, 0.6) is 5.75 Å². The minimum absolute atomic E-state index is 0.229. The Labute approximate surface area is 172 Å². The van der Waals surface area contributed by atoms with Crippen LogP contribution in [-0.2, 0) is 10.0 Å². The summed E-state index contributed by atoms with van der Waals surface area (Å²) in [5.74, 6) is 0.635. The quantitative estimate of drug-likeness (QED) is 0.519. The fourth-order valence-corrected chi connectivity index (χ4v) is 5.73. The molecule has 0 saturated carbocycles. The van der Waals surface area contributed by atoms with Gasteiger partial charge in [-0.05, 0) is 47.9 Å². The lowest BCUT2D eigenvalue weighted by molar-refractivity contribution is 0.414. The lowest BCUT2D eigenvalue weighted by atomic mass is 9.87.